The summed E-state index contributed by atoms with van der Waals surface area (Å²) in [4.78, 5) is 21.6. The van der Waals surface area contributed by atoms with Crippen LogP contribution in [0.5, 0.6) is 11.5 Å². The Hall–Kier alpha value is -2.60. The van der Waals surface area contributed by atoms with E-state index < -0.39 is 0 Å². The van der Waals surface area contributed by atoms with Crippen LogP contribution in [0.25, 0.3) is 0 Å². The second-order valence-corrected chi connectivity index (χ2v) is 7.67. The maximum absolute atomic E-state index is 12.9. The highest BCUT2D eigenvalue weighted by Gasteiger charge is 2.36. The molecule has 0 saturated carbocycles. The molecule has 1 aromatic carbocycles. The number of benzene rings is 1. The van der Waals surface area contributed by atoms with Crippen LogP contribution in [0.4, 0.5) is 0 Å². The van der Waals surface area contributed by atoms with Gasteiger partial charge in [0.05, 0.1) is 19.8 Å². The summed E-state index contributed by atoms with van der Waals surface area (Å²) in [7, 11) is 3.32. The topological polar surface area (TPSA) is 54.9 Å². The lowest BCUT2D eigenvalue weighted by Crippen LogP contribution is -2.43. The van der Waals surface area contributed by atoms with Crippen molar-refractivity contribution in [2.45, 2.75) is 25.4 Å². The Morgan fingerprint density at radius 1 is 1.11 bits per heavy atom. The van der Waals surface area contributed by atoms with E-state index in [1.807, 2.05) is 23.1 Å². The number of methoxy groups -OCH3 is 2. The van der Waals surface area contributed by atoms with Crippen molar-refractivity contribution < 1.29 is 14.3 Å². The lowest BCUT2D eigenvalue weighted by atomic mass is 9.94. The number of ether oxygens (including phenoxy) is 2. The van der Waals surface area contributed by atoms with Crippen molar-refractivity contribution in [1.82, 2.24) is 14.8 Å². The van der Waals surface area contributed by atoms with Crippen LogP contribution < -0.4 is 9.47 Å². The molecule has 1 aromatic heterocycles. The molecule has 6 heteroatoms. The third-order valence-electron chi connectivity index (χ3n) is 5.86. The lowest BCUT2D eigenvalue weighted by molar-refractivity contribution is 0.0735. The van der Waals surface area contributed by atoms with Crippen LogP contribution in [-0.4, -0.2) is 60.6 Å². The number of carbonyl (C=O) groups excluding carboxylic acids is 1. The minimum absolute atomic E-state index is 0.0953. The summed E-state index contributed by atoms with van der Waals surface area (Å²) < 4.78 is 10.8. The molecule has 0 unspecified atom stereocenters. The summed E-state index contributed by atoms with van der Waals surface area (Å²) in [6.07, 6.45) is 5.68. The second-order valence-electron chi connectivity index (χ2n) is 7.67. The van der Waals surface area contributed by atoms with Crippen molar-refractivity contribution in [3.05, 3.63) is 53.9 Å². The molecule has 4 heterocycles. The molecule has 5 rings (SSSR count). The van der Waals surface area contributed by atoms with E-state index in [4.69, 9.17) is 9.47 Å². The standard InChI is InChI=1S/C22H27N3O3/c1-27-20-8-6-16(10-21(20)28-2)12-24-13-17-5-7-19(24)15-25(14-17)22(26)18-4-3-9-23-11-18/h3-4,6,8-11,17,19H,5,7,12-15H2,1-2H3/t17-,19-/m1/s1. The van der Waals surface area contributed by atoms with Gasteiger partial charge in [0, 0.05) is 44.6 Å². The molecule has 3 fully saturated rings. The SMILES string of the molecule is COc1ccc(CN2C[C@H]3CC[C@@H]2CN(C(=O)c2cccnc2)C3)cc1OC. The number of hydrogen-bond acceptors (Lipinski definition) is 5. The number of pyridine rings is 1. The fourth-order valence-corrected chi connectivity index (χ4v) is 4.42. The summed E-state index contributed by atoms with van der Waals surface area (Å²) >= 11 is 0. The van der Waals surface area contributed by atoms with Crippen molar-refractivity contribution in [3.8, 4) is 11.5 Å². The van der Waals surface area contributed by atoms with Gasteiger partial charge < -0.3 is 14.4 Å². The highest BCUT2D eigenvalue weighted by molar-refractivity contribution is 5.94. The number of fused-ring (bicyclic) bond motifs is 4. The average molecular weight is 381 g/mol. The minimum Gasteiger partial charge on any atom is -0.493 e. The van der Waals surface area contributed by atoms with Crippen LogP contribution in [-0.2, 0) is 6.54 Å². The molecule has 6 nitrogen and oxygen atoms in total. The second kappa shape index (κ2) is 8.19. The van der Waals surface area contributed by atoms with E-state index in [-0.39, 0.29) is 5.91 Å². The normalized spacial score (nSPS) is 22.0. The molecule has 3 aliphatic rings. The van der Waals surface area contributed by atoms with E-state index in [2.05, 4.69) is 22.0 Å². The van der Waals surface area contributed by atoms with Crippen LogP contribution >= 0.6 is 0 Å². The largest absolute Gasteiger partial charge is 0.493 e. The molecule has 28 heavy (non-hydrogen) atoms. The van der Waals surface area contributed by atoms with Gasteiger partial charge in [-0.2, -0.15) is 0 Å². The van der Waals surface area contributed by atoms with E-state index in [1.54, 1.807) is 26.6 Å². The van der Waals surface area contributed by atoms with E-state index in [9.17, 15) is 4.79 Å². The molecule has 3 saturated heterocycles. The van der Waals surface area contributed by atoms with Crippen LogP contribution in [0, 0.1) is 5.92 Å². The molecule has 148 valence electrons. The van der Waals surface area contributed by atoms with Gasteiger partial charge in [-0.3, -0.25) is 14.7 Å². The number of nitrogens with zero attached hydrogens (tertiary/aromatic N) is 3. The van der Waals surface area contributed by atoms with Crippen molar-refractivity contribution in [2.24, 2.45) is 5.92 Å². The first-order valence-corrected chi connectivity index (χ1v) is 9.82. The molecular weight excluding hydrogens is 354 g/mol. The molecule has 0 aliphatic carbocycles. The van der Waals surface area contributed by atoms with Crippen molar-refractivity contribution >= 4 is 5.91 Å². The number of hydrogen-bond donors (Lipinski definition) is 0. The Morgan fingerprint density at radius 3 is 2.71 bits per heavy atom. The molecular formula is C22H27N3O3. The number of carbonyl (C=O) groups is 1. The average Bonchev–Trinajstić information content (AvgIpc) is 3.05. The first-order valence-electron chi connectivity index (χ1n) is 9.82. The Balaban J connectivity index is 1.49. The van der Waals surface area contributed by atoms with Gasteiger partial charge >= 0.3 is 0 Å². The number of aromatic nitrogens is 1. The zero-order valence-electron chi connectivity index (χ0n) is 16.5. The Labute approximate surface area is 166 Å². The third kappa shape index (κ3) is 3.83. The predicted molar refractivity (Wildman–Crippen MR) is 107 cm³/mol. The molecule has 2 bridgehead atoms. The van der Waals surface area contributed by atoms with Gasteiger partial charge in [0.15, 0.2) is 11.5 Å². The van der Waals surface area contributed by atoms with E-state index in [1.165, 1.54) is 12.0 Å². The summed E-state index contributed by atoms with van der Waals surface area (Å²) in [6.45, 7) is 3.48. The number of rotatable bonds is 5. The predicted octanol–water partition coefficient (Wildman–Crippen LogP) is 2.84. The monoisotopic (exact) mass is 381 g/mol. The van der Waals surface area contributed by atoms with Crippen molar-refractivity contribution in [1.29, 1.82) is 0 Å². The fraction of sp³-hybridized carbons (Fsp3) is 0.455. The highest BCUT2D eigenvalue weighted by atomic mass is 16.5. The summed E-state index contributed by atoms with van der Waals surface area (Å²) in [5.41, 5.74) is 1.88. The number of piperidine rings is 1. The van der Waals surface area contributed by atoms with Gasteiger partial charge in [-0.05, 0) is 48.6 Å². The zero-order chi connectivity index (χ0) is 19.5. The molecule has 0 radical (unpaired) electrons. The molecule has 2 aromatic rings. The highest BCUT2D eigenvalue weighted by Crippen LogP contribution is 2.32. The Bertz CT molecular complexity index is 827. The quantitative estimate of drug-likeness (QED) is 0.797. The van der Waals surface area contributed by atoms with Crippen molar-refractivity contribution in [3.63, 3.8) is 0 Å². The molecule has 1 amide bonds. The van der Waals surface area contributed by atoms with Crippen molar-refractivity contribution in [2.75, 3.05) is 33.9 Å². The first-order chi connectivity index (χ1) is 13.7. The number of amides is 1. The Morgan fingerprint density at radius 2 is 1.96 bits per heavy atom. The van der Waals surface area contributed by atoms with Crippen LogP contribution in [0.15, 0.2) is 42.7 Å². The van der Waals surface area contributed by atoms with Gasteiger partial charge in [0.2, 0.25) is 0 Å². The zero-order valence-corrected chi connectivity index (χ0v) is 16.5. The minimum atomic E-state index is 0.0953. The van der Waals surface area contributed by atoms with E-state index in [0.29, 0.717) is 17.5 Å². The summed E-state index contributed by atoms with van der Waals surface area (Å²) in [5, 5.41) is 0. The summed E-state index contributed by atoms with van der Waals surface area (Å²) in [5.74, 6) is 2.11. The maximum Gasteiger partial charge on any atom is 0.255 e. The molecule has 0 N–H and O–H groups in total. The molecule has 3 aliphatic heterocycles. The molecule has 0 spiro atoms. The lowest BCUT2D eigenvalue weighted by Gasteiger charge is -2.36. The van der Waals surface area contributed by atoms with Gasteiger partial charge in [0.1, 0.15) is 0 Å². The van der Waals surface area contributed by atoms with Crippen LogP contribution in [0.2, 0.25) is 0 Å². The third-order valence-corrected chi connectivity index (χ3v) is 5.86. The first kappa shape index (κ1) is 18.7. The Kier molecular flexibility index (Phi) is 5.48. The van der Waals surface area contributed by atoms with Crippen LogP contribution in [0.1, 0.15) is 28.8 Å². The summed E-state index contributed by atoms with van der Waals surface area (Å²) in [6, 6.07) is 10.2. The van der Waals surface area contributed by atoms with Gasteiger partial charge in [-0.25, -0.2) is 0 Å². The smallest absolute Gasteiger partial charge is 0.255 e. The van der Waals surface area contributed by atoms with Gasteiger partial charge in [-0.1, -0.05) is 6.07 Å². The van der Waals surface area contributed by atoms with Gasteiger partial charge in [-0.15, -0.1) is 0 Å². The van der Waals surface area contributed by atoms with E-state index in [0.717, 1.165) is 44.1 Å². The maximum atomic E-state index is 12.9. The van der Waals surface area contributed by atoms with Gasteiger partial charge in [0.25, 0.3) is 5.91 Å². The van der Waals surface area contributed by atoms with E-state index >= 15 is 0 Å². The fourth-order valence-electron chi connectivity index (χ4n) is 4.42. The molecule has 2 atom stereocenters. The van der Waals surface area contributed by atoms with Crippen LogP contribution in [0.3, 0.4) is 0 Å².